The summed E-state index contributed by atoms with van der Waals surface area (Å²) in [5, 5.41) is 2.90. The molecule has 2 amide bonds. The fraction of sp³-hybridized carbons (Fsp3) is 0.385. The van der Waals surface area contributed by atoms with E-state index in [1.807, 2.05) is 12.1 Å². The van der Waals surface area contributed by atoms with Gasteiger partial charge in [0.25, 0.3) is 5.91 Å². The third-order valence-corrected chi connectivity index (χ3v) is 3.72. The predicted octanol–water partition coefficient (Wildman–Crippen LogP) is 1.68. The fourth-order valence-corrected chi connectivity index (χ4v) is 2.56. The summed E-state index contributed by atoms with van der Waals surface area (Å²) in [4.78, 5) is 25.4. The smallest absolute Gasteiger partial charge is 0.254 e. The zero-order valence-corrected chi connectivity index (χ0v) is 11.4. The van der Waals surface area contributed by atoms with Crippen molar-refractivity contribution in [3.8, 4) is 0 Å². The van der Waals surface area contributed by atoms with Crippen molar-refractivity contribution in [1.82, 2.24) is 10.2 Å². The Morgan fingerprint density at radius 1 is 1.44 bits per heavy atom. The van der Waals surface area contributed by atoms with Gasteiger partial charge < -0.3 is 10.2 Å². The van der Waals surface area contributed by atoms with E-state index in [4.69, 9.17) is 0 Å². The van der Waals surface area contributed by atoms with Gasteiger partial charge in [-0.15, -0.1) is 0 Å². The zero-order chi connectivity index (χ0) is 12.7. The highest BCUT2D eigenvalue weighted by Gasteiger charge is 2.30. The lowest BCUT2D eigenvalue weighted by atomic mass is 10.1. The molecule has 1 fully saturated rings. The van der Waals surface area contributed by atoms with E-state index in [1.54, 1.807) is 11.0 Å². The van der Waals surface area contributed by atoms with Crippen molar-refractivity contribution in [3.63, 3.8) is 0 Å². The minimum absolute atomic E-state index is 0.0524. The first-order valence-corrected chi connectivity index (χ1v) is 6.80. The summed E-state index contributed by atoms with van der Waals surface area (Å²) >= 11 is 3.39. The van der Waals surface area contributed by atoms with Gasteiger partial charge in [0.15, 0.2) is 0 Å². The van der Waals surface area contributed by atoms with Crippen molar-refractivity contribution in [3.05, 3.63) is 33.8 Å². The van der Waals surface area contributed by atoms with Gasteiger partial charge in [-0.25, -0.2) is 0 Å². The first-order chi connectivity index (χ1) is 8.63. The Morgan fingerprint density at radius 2 is 2.22 bits per heavy atom. The van der Waals surface area contributed by atoms with Crippen molar-refractivity contribution in [1.29, 1.82) is 0 Å². The molecule has 0 atom stereocenters. The van der Waals surface area contributed by atoms with Crippen LogP contribution in [-0.4, -0.2) is 29.3 Å². The highest BCUT2D eigenvalue weighted by Crippen LogP contribution is 2.26. The van der Waals surface area contributed by atoms with Gasteiger partial charge in [0.2, 0.25) is 5.91 Å². The van der Waals surface area contributed by atoms with Crippen LogP contribution in [0.5, 0.6) is 0 Å². The van der Waals surface area contributed by atoms with Crippen LogP contribution >= 0.6 is 15.9 Å². The molecule has 5 heteroatoms. The molecule has 1 N–H and O–H groups in total. The number of halogens is 1. The summed E-state index contributed by atoms with van der Waals surface area (Å²) in [6.45, 7) is 0.674. The molecule has 0 spiro atoms. The minimum atomic E-state index is -0.0577. The number of nitrogens with one attached hydrogen (secondary N) is 1. The van der Waals surface area contributed by atoms with Gasteiger partial charge in [-0.05, 0) is 36.6 Å². The molecule has 4 nitrogen and oxygen atoms in total. The molecule has 1 saturated carbocycles. The number of nitrogens with zero attached hydrogens (tertiary/aromatic N) is 1. The predicted molar refractivity (Wildman–Crippen MR) is 70.0 cm³/mol. The summed E-state index contributed by atoms with van der Waals surface area (Å²) in [5.41, 5.74) is 1.69. The van der Waals surface area contributed by atoms with Gasteiger partial charge >= 0.3 is 0 Å². The van der Waals surface area contributed by atoms with Gasteiger partial charge in [-0.2, -0.15) is 0 Å². The average Bonchev–Trinajstić information content (AvgIpc) is 3.06. The first-order valence-electron chi connectivity index (χ1n) is 6.00. The number of carbonyl (C=O) groups is 2. The molecule has 0 saturated heterocycles. The number of fused-ring (bicyclic) bond motifs is 1. The number of hydrogen-bond acceptors (Lipinski definition) is 2. The van der Waals surface area contributed by atoms with Crippen LogP contribution in [0.3, 0.4) is 0 Å². The van der Waals surface area contributed by atoms with Crippen LogP contribution in [0.25, 0.3) is 0 Å². The van der Waals surface area contributed by atoms with Gasteiger partial charge in [-0.3, -0.25) is 9.59 Å². The molecular weight excluding hydrogens is 296 g/mol. The second-order valence-electron chi connectivity index (χ2n) is 4.80. The van der Waals surface area contributed by atoms with Crippen LogP contribution in [0.2, 0.25) is 0 Å². The Hall–Kier alpha value is -1.36. The molecule has 0 bridgehead atoms. The number of benzene rings is 1. The van der Waals surface area contributed by atoms with Crippen LogP contribution in [0, 0.1) is 0 Å². The van der Waals surface area contributed by atoms with Crippen LogP contribution in [-0.2, 0) is 11.3 Å². The van der Waals surface area contributed by atoms with E-state index >= 15 is 0 Å². The molecule has 94 valence electrons. The van der Waals surface area contributed by atoms with E-state index in [0.29, 0.717) is 18.2 Å². The van der Waals surface area contributed by atoms with E-state index in [9.17, 15) is 9.59 Å². The van der Waals surface area contributed by atoms with Crippen LogP contribution < -0.4 is 5.32 Å². The van der Waals surface area contributed by atoms with Crippen molar-refractivity contribution in [2.75, 3.05) is 6.54 Å². The number of rotatable bonds is 3. The molecule has 1 aliphatic heterocycles. The third kappa shape index (κ3) is 2.27. The second-order valence-corrected chi connectivity index (χ2v) is 5.72. The molecule has 1 aromatic rings. The van der Waals surface area contributed by atoms with Gasteiger partial charge in [0.05, 0.1) is 0 Å². The Morgan fingerprint density at radius 3 is 2.94 bits per heavy atom. The highest BCUT2D eigenvalue weighted by atomic mass is 79.9. The molecule has 2 aliphatic rings. The van der Waals surface area contributed by atoms with Crippen molar-refractivity contribution in [2.24, 2.45) is 0 Å². The zero-order valence-electron chi connectivity index (χ0n) is 9.78. The number of amides is 2. The Bertz CT molecular complexity index is 526. The molecule has 18 heavy (non-hydrogen) atoms. The fourth-order valence-electron chi connectivity index (χ4n) is 2.15. The Labute approximate surface area is 113 Å². The lowest BCUT2D eigenvalue weighted by Gasteiger charge is -2.14. The maximum atomic E-state index is 12.1. The number of hydrogen-bond donors (Lipinski definition) is 1. The average molecular weight is 309 g/mol. The topological polar surface area (TPSA) is 49.4 Å². The summed E-state index contributed by atoms with van der Waals surface area (Å²) in [6.07, 6.45) is 2.12. The SMILES string of the molecule is O=C(CN1Cc2cc(Br)ccc2C1=O)NC1CC1. The van der Waals surface area contributed by atoms with Crippen LogP contribution in [0.4, 0.5) is 0 Å². The first kappa shape index (κ1) is 11.7. The van der Waals surface area contributed by atoms with Crippen molar-refractivity contribution >= 4 is 27.7 Å². The maximum Gasteiger partial charge on any atom is 0.254 e. The lowest BCUT2D eigenvalue weighted by molar-refractivity contribution is -0.121. The largest absolute Gasteiger partial charge is 0.352 e. The lowest BCUT2D eigenvalue weighted by Crippen LogP contribution is -2.38. The molecule has 3 rings (SSSR count). The summed E-state index contributed by atoms with van der Waals surface area (Å²) in [6, 6.07) is 5.93. The van der Waals surface area contributed by atoms with Gasteiger partial charge in [-0.1, -0.05) is 15.9 Å². The molecule has 0 radical (unpaired) electrons. The molecular formula is C13H13BrN2O2. The minimum Gasteiger partial charge on any atom is -0.352 e. The van der Waals surface area contributed by atoms with Gasteiger partial charge in [0, 0.05) is 22.6 Å². The summed E-state index contributed by atoms with van der Waals surface area (Å²) in [5.74, 6) is -0.110. The normalized spacial score (nSPS) is 17.8. The standard InChI is InChI=1S/C13H13BrN2O2/c14-9-1-4-11-8(5-9)6-16(13(11)18)7-12(17)15-10-2-3-10/h1,4-5,10H,2-3,6-7H2,(H,15,17). The molecule has 1 aromatic carbocycles. The molecule has 1 heterocycles. The monoisotopic (exact) mass is 308 g/mol. The van der Waals surface area contributed by atoms with E-state index in [0.717, 1.165) is 22.9 Å². The third-order valence-electron chi connectivity index (χ3n) is 3.22. The van der Waals surface area contributed by atoms with Crippen molar-refractivity contribution in [2.45, 2.75) is 25.4 Å². The summed E-state index contributed by atoms with van der Waals surface area (Å²) < 4.78 is 0.957. The quantitative estimate of drug-likeness (QED) is 0.923. The number of carbonyl (C=O) groups excluding carboxylic acids is 2. The Kier molecular flexibility index (Phi) is 2.86. The van der Waals surface area contributed by atoms with Crippen LogP contribution in [0.1, 0.15) is 28.8 Å². The maximum absolute atomic E-state index is 12.1. The van der Waals surface area contributed by atoms with E-state index in [-0.39, 0.29) is 18.4 Å². The van der Waals surface area contributed by atoms with Crippen molar-refractivity contribution < 1.29 is 9.59 Å². The van der Waals surface area contributed by atoms with E-state index < -0.39 is 0 Å². The highest BCUT2D eigenvalue weighted by molar-refractivity contribution is 9.10. The Balaban J connectivity index is 1.69. The second kappa shape index (κ2) is 4.39. The van der Waals surface area contributed by atoms with Gasteiger partial charge in [0.1, 0.15) is 6.54 Å². The molecule has 1 aliphatic carbocycles. The molecule has 0 unspecified atom stereocenters. The van der Waals surface area contributed by atoms with E-state index in [2.05, 4.69) is 21.2 Å². The molecule has 0 aromatic heterocycles. The van der Waals surface area contributed by atoms with Crippen LogP contribution in [0.15, 0.2) is 22.7 Å². The van der Waals surface area contributed by atoms with E-state index in [1.165, 1.54) is 0 Å². The summed E-state index contributed by atoms with van der Waals surface area (Å²) in [7, 11) is 0.